The van der Waals surface area contributed by atoms with E-state index >= 15 is 0 Å². The number of ether oxygens (including phenoxy) is 1. The van der Waals surface area contributed by atoms with Gasteiger partial charge in [0.1, 0.15) is 6.54 Å². The molecule has 0 radical (unpaired) electrons. The number of aliphatic carboxylic acids is 1. The minimum absolute atomic E-state index is 0.0595. The molecule has 2 amide bonds. The molecule has 2 N–H and O–H groups in total. The number of carboxylic acids is 1. The molecule has 1 rings (SSSR count). The number of hydrogen-bond acceptors (Lipinski definition) is 4. The van der Waals surface area contributed by atoms with Crippen LogP contribution in [0.5, 0.6) is 0 Å². The molecule has 0 saturated heterocycles. The molecule has 1 unspecified atom stereocenters. The van der Waals surface area contributed by atoms with Crippen LogP contribution in [0.4, 0.5) is 4.79 Å². The largest absolute Gasteiger partial charge is 0.481 e. The fraction of sp³-hybridized carbons (Fsp3) is 0.769. The van der Waals surface area contributed by atoms with E-state index in [1.165, 1.54) is 4.90 Å². The fourth-order valence-electron chi connectivity index (χ4n) is 1.82. The van der Waals surface area contributed by atoms with Gasteiger partial charge in [0.2, 0.25) is 0 Å². The molecule has 1 aliphatic rings. The van der Waals surface area contributed by atoms with E-state index in [2.05, 4.69) is 5.32 Å². The molecule has 0 bridgehead atoms. The zero-order valence-electron chi connectivity index (χ0n) is 11.9. The molecule has 0 aliphatic heterocycles. The number of amides is 2. The molecule has 7 nitrogen and oxygen atoms in total. The van der Waals surface area contributed by atoms with Gasteiger partial charge in [-0.3, -0.25) is 9.59 Å². The Balaban J connectivity index is 2.48. The monoisotopic (exact) mass is 286 g/mol. The van der Waals surface area contributed by atoms with Crippen LogP contribution in [0.15, 0.2) is 0 Å². The molecule has 0 aromatic heterocycles. The highest BCUT2D eigenvalue weighted by Crippen LogP contribution is 2.26. The van der Waals surface area contributed by atoms with Crippen molar-refractivity contribution in [3.8, 4) is 0 Å². The Morgan fingerprint density at radius 1 is 1.35 bits per heavy atom. The molecular formula is C13H22N2O5. The van der Waals surface area contributed by atoms with E-state index in [4.69, 9.17) is 9.84 Å². The van der Waals surface area contributed by atoms with Gasteiger partial charge in [0.05, 0.1) is 12.5 Å². The lowest BCUT2D eigenvalue weighted by Crippen LogP contribution is -2.46. The van der Waals surface area contributed by atoms with Crippen LogP contribution in [0.1, 0.15) is 33.1 Å². The second-order valence-electron chi connectivity index (χ2n) is 4.79. The van der Waals surface area contributed by atoms with Crippen LogP contribution in [0.2, 0.25) is 0 Å². The lowest BCUT2D eigenvalue weighted by atomic mass is 10.1. The second-order valence-corrected chi connectivity index (χ2v) is 4.79. The summed E-state index contributed by atoms with van der Waals surface area (Å²) in [6, 6.07) is -0.343. The number of carbonyl (C=O) groups excluding carboxylic acids is 2. The highest BCUT2D eigenvalue weighted by Gasteiger charge is 2.34. The molecule has 0 spiro atoms. The topological polar surface area (TPSA) is 95.9 Å². The van der Waals surface area contributed by atoms with Crippen molar-refractivity contribution in [1.29, 1.82) is 0 Å². The molecule has 114 valence electrons. The van der Waals surface area contributed by atoms with Crippen LogP contribution in [-0.2, 0) is 14.3 Å². The van der Waals surface area contributed by atoms with Gasteiger partial charge in [0.15, 0.2) is 0 Å². The predicted octanol–water partition coefficient (Wildman–Crippen LogP) is 0.834. The van der Waals surface area contributed by atoms with Gasteiger partial charge in [-0.1, -0.05) is 6.92 Å². The molecule has 20 heavy (non-hydrogen) atoms. The highest BCUT2D eigenvalue weighted by atomic mass is 16.5. The summed E-state index contributed by atoms with van der Waals surface area (Å²) < 4.78 is 4.83. The molecule has 1 saturated carbocycles. The number of urea groups is 1. The first-order valence-corrected chi connectivity index (χ1v) is 6.92. The fourth-order valence-corrected chi connectivity index (χ4v) is 1.82. The number of nitrogens with zero attached hydrogens (tertiary/aromatic N) is 1. The van der Waals surface area contributed by atoms with Crippen LogP contribution in [0, 0.1) is 5.92 Å². The third-order valence-electron chi connectivity index (χ3n) is 3.20. The molecule has 0 aromatic carbocycles. The smallest absolute Gasteiger partial charge is 0.325 e. The van der Waals surface area contributed by atoms with Crippen molar-refractivity contribution in [3.05, 3.63) is 0 Å². The first kappa shape index (κ1) is 16.3. The van der Waals surface area contributed by atoms with Crippen LogP contribution in [-0.4, -0.2) is 53.7 Å². The van der Waals surface area contributed by atoms with Gasteiger partial charge in [-0.05, 0) is 26.2 Å². The Morgan fingerprint density at radius 2 is 2.00 bits per heavy atom. The number of carbonyl (C=O) groups is 3. The number of rotatable bonds is 8. The average molecular weight is 286 g/mol. The molecular weight excluding hydrogens is 264 g/mol. The van der Waals surface area contributed by atoms with Gasteiger partial charge in [0, 0.05) is 12.6 Å². The number of hydrogen-bond donors (Lipinski definition) is 2. The quantitative estimate of drug-likeness (QED) is 0.644. The van der Waals surface area contributed by atoms with E-state index in [1.807, 2.05) is 0 Å². The Morgan fingerprint density at radius 3 is 2.45 bits per heavy atom. The Labute approximate surface area is 118 Å². The highest BCUT2D eigenvalue weighted by molar-refractivity contribution is 5.82. The first-order chi connectivity index (χ1) is 9.49. The Kier molecular flexibility index (Phi) is 6.27. The van der Waals surface area contributed by atoms with Gasteiger partial charge in [-0.2, -0.15) is 0 Å². The summed E-state index contributed by atoms with van der Waals surface area (Å²) >= 11 is 0. The van der Waals surface area contributed by atoms with E-state index in [-0.39, 0.29) is 25.7 Å². The number of esters is 1. The minimum atomic E-state index is -0.934. The molecule has 1 atom stereocenters. The second kappa shape index (κ2) is 7.72. The average Bonchev–Trinajstić information content (AvgIpc) is 3.20. The summed E-state index contributed by atoms with van der Waals surface area (Å²) in [6.07, 6.45) is 2.17. The molecule has 0 heterocycles. The van der Waals surface area contributed by atoms with Crippen molar-refractivity contribution in [1.82, 2.24) is 10.2 Å². The van der Waals surface area contributed by atoms with E-state index in [1.54, 1.807) is 13.8 Å². The first-order valence-electron chi connectivity index (χ1n) is 6.92. The third kappa shape index (κ3) is 5.07. The standard InChI is InChI=1S/C13H22N2O5/c1-3-9(12(17)18)7-14-13(19)15(10-5-6-10)8-11(16)20-4-2/h9-10H,3-8H2,1-2H3,(H,14,19)(H,17,18). The predicted molar refractivity (Wildman–Crippen MR) is 71.2 cm³/mol. The molecule has 1 fully saturated rings. The van der Waals surface area contributed by atoms with Gasteiger partial charge in [-0.25, -0.2) is 4.79 Å². The van der Waals surface area contributed by atoms with Crippen molar-refractivity contribution >= 4 is 18.0 Å². The maximum atomic E-state index is 12.0. The van der Waals surface area contributed by atoms with Crippen molar-refractivity contribution in [2.24, 2.45) is 5.92 Å². The summed E-state index contributed by atoms with van der Waals surface area (Å²) in [6.45, 7) is 3.71. The molecule has 7 heteroatoms. The third-order valence-corrected chi connectivity index (χ3v) is 3.20. The zero-order chi connectivity index (χ0) is 15.1. The maximum Gasteiger partial charge on any atom is 0.325 e. The number of carboxylic acid groups (broad SMARTS) is 1. The Bertz CT molecular complexity index is 368. The lowest BCUT2D eigenvalue weighted by molar-refractivity contribution is -0.144. The van der Waals surface area contributed by atoms with Crippen LogP contribution in [0.3, 0.4) is 0 Å². The van der Waals surface area contributed by atoms with E-state index in [0.29, 0.717) is 6.42 Å². The van der Waals surface area contributed by atoms with Crippen LogP contribution >= 0.6 is 0 Å². The normalized spacial score (nSPS) is 15.3. The summed E-state index contributed by atoms with van der Waals surface area (Å²) in [7, 11) is 0. The van der Waals surface area contributed by atoms with E-state index in [9.17, 15) is 14.4 Å². The van der Waals surface area contributed by atoms with E-state index in [0.717, 1.165) is 12.8 Å². The maximum absolute atomic E-state index is 12.0. The lowest BCUT2D eigenvalue weighted by Gasteiger charge is -2.22. The van der Waals surface area contributed by atoms with Gasteiger partial charge in [0.25, 0.3) is 0 Å². The zero-order valence-corrected chi connectivity index (χ0v) is 11.9. The number of nitrogens with one attached hydrogen (secondary N) is 1. The summed E-state index contributed by atoms with van der Waals surface area (Å²) in [5.41, 5.74) is 0. The summed E-state index contributed by atoms with van der Waals surface area (Å²) in [5, 5.41) is 11.5. The summed E-state index contributed by atoms with van der Waals surface area (Å²) in [5.74, 6) is -1.99. The molecule has 1 aliphatic carbocycles. The van der Waals surface area contributed by atoms with Crippen LogP contribution in [0.25, 0.3) is 0 Å². The van der Waals surface area contributed by atoms with Gasteiger partial charge in [-0.15, -0.1) is 0 Å². The van der Waals surface area contributed by atoms with Gasteiger partial charge >= 0.3 is 18.0 Å². The SMILES string of the molecule is CCOC(=O)CN(C(=O)NCC(CC)C(=O)O)C1CC1. The van der Waals surface area contributed by atoms with Gasteiger partial charge < -0.3 is 20.1 Å². The van der Waals surface area contributed by atoms with Crippen molar-refractivity contribution in [2.75, 3.05) is 19.7 Å². The van der Waals surface area contributed by atoms with Crippen molar-refractivity contribution < 1.29 is 24.2 Å². The van der Waals surface area contributed by atoms with Crippen molar-refractivity contribution in [3.63, 3.8) is 0 Å². The molecule has 0 aromatic rings. The van der Waals surface area contributed by atoms with E-state index < -0.39 is 23.9 Å². The van der Waals surface area contributed by atoms with Crippen LogP contribution < -0.4 is 5.32 Å². The summed E-state index contributed by atoms with van der Waals surface area (Å²) in [4.78, 5) is 35.8. The Hall–Kier alpha value is -1.79. The van der Waals surface area contributed by atoms with Crippen molar-refractivity contribution in [2.45, 2.75) is 39.2 Å². The minimum Gasteiger partial charge on any atom is -0.481 e.